The molecule has 6 rings (SSSR count). The first-order valence-corrected chi connectivity index (χ1v) is 14.7. The highest BCUT2D eigenvalue weighted by atomic mass is 32.2. The molecule has 1 saturated heterocycles. The number of hydrogen-bond acceptors (Lipinski definition) is 5. The molecule has 1 aliphatic heterocycles. The van der Waals surface area contributed by atoms with Gasteiger partial charge in [0, 0.05) is 0 Å². The Morgan fingerprint density at radius 2 is 1.52 bits per heavy atom. The molecule has 0 aromatic heterocycles. The summed E-state index contributed by atoms with van der Waals surface area (Å²) in [6, 6.07) is 40.0. The predicted octanol–water partition coefficient (Wildman–Crippen LogP) is 8.62. The maximum atomic E-state index is 13.7. The van der Waals surface area contributed by atoms with Gasteiger partial charge in [0.1, 0.15) is 6.61 Å². The molecule has 0 atom stereocenters. The number of ether oxygens (including phenoxy) is 2. The van der Waals surface area contributed by atoms with Gasteiger partial charge in [-0.15, -0.1) is 0 Å². The van der Waals surface area contributed by atoms with Crippen LogP contribution in [0.1, 0.15) is 23.6 Å². The van der Waals surface area contributed by atoms with Gasteiger partial charge in [-0.05, 0) is 76.5 Å². The van der Waals surface area contributed by atoms with Crippen molar-refractivity contribution in [3.63, 3.8) is 0 Å². The van der Waals surface area contributed by atoms with Gasteiger partial charge in [-0.3, -0.25) is 9.69 Å². The summed E-state index contributed by atoms with van der Waals surface area (Å²) >= 11 is 1.38. The van der Waals surface area contributed by atoms with Gasteiger partial charge in [0.25, 0.3) is 5.91 Å². The van der Waals surface area contributed by atoms with Crippen molar-refractivity contribution in [2.24, 2.45) is 4.99 Å². The molecule has 1 heterocycles. The molecule has 1 fully saturated rings. The second-order valence-corrected chi connectivity index (χ2v) is 10.8. The van der Waals surface area contributed by atoms with Gasteiger partial charge in [0.15, 0.2) is 16.7 Å². The number of carbonyl (C=O) groups excluding carboxylic acids is 1. The molecule has 0 N–H and O–H groups in total. The molecular weight excluding hydrogens is 540 g/mol. The Bertz CT molecular complexity index is 1760. The van der Waals surface area contributed by atoms with E-state index in [1.54, 1.807) is 4.90 Å². The number of para-hydroxylation sites is 1. The standard InChI is InChI=1S/C36H30N2O3S/c1-2-40-33-22-27(20-21-32(33)41-25-29-16-11-15-28-14-9-10-19-31(28)29)23-34-35(39)38(24-26-12-5-3-6-13-26)36(42-34)37-30-17-7-4-8-18-30/h3-23H,2,24-25H2,1H3/b34-23+,37-36?. The third-order valence-electron chi connectivity index (χ3n) is 6.88. The van der Waals surface area contributed by atoms with E-state index in [1.807, 2.05) is 110 Å². The number of rotatable bonds is 9. The van der Waals surface area contributed by atoms with E-state index in [-0.39, 0.29) is 5.91 Å². The molecule has 1 aliphatic rings. The molecule has 0 aliphatic carbocycles. The van der Waals surface area contributed by atoms with E-state index in [4.69, 9.17) is 14.5 Å². The quantitative estimate of drug-likeness (QED) is 0.167. The number of benzene rings is 5. The van der Waals surface area contributed by atoms with Crippen LogP contribution in [0, 0.1) is 0 Å². The molecule has 42 heavy (non-hydrogen) atoms. The Kier molecular flexibility index (Phi) is 8.33. The second kappa shape index (κ2) is 12.8. The molecule has 5 aromatic rings. The molecule has 1 amide bonds. The van der Waals surface area contributed by atoms with Crippen molar-refractivity contribution in [3.05, 3.63) is 143 Å². The molecule has 0 unspecified atom stereocenters. The van der Waals surface area contributed by atoms with Crippen LogP contribution in [0.4, 0.5) is 5.69 Å². The lowest BCUT2D eigenvalue weighted by Gasteiger charge is -2.15. The molecule has 0 bridgehead atoms. The van der Waals surface area contributed by atoms with Crippen LogP contribution >= 0.6 is 11.8 Å². The van der Waals surface area contributed by atoms with Gasteiger partial charge in [-0.25, -0.2) is 4.99 Å². The maximum Gasteiger partial charge on any atom is 0.267 e. The zero-order chi connectivity index (χ0) is 28.7. The van der Waals surface area contributed by atoms with Crippen molar-refractivity contribution in [2.45, 2.75) is 20.1 Å². The van der Waals surface area contributed by atoms with E-state index in [0.717, 1.165) is 22.4 Å². The summed E-state index contributed by atoms with van der Waals surface area (Å²) in [5, 5.41) is 3.01. The largest absolute Gasteiger partial charge is 0.490 e. The summed E-state index contributed by atoms with van der Waals surface area (Å²) in [6.45, 7) is 3.31. The summed E-state index contributed by atoms with van der Waals surface area (Å²) in [6.07, 6.45) is 1.90. The van der Waals surface area contributed by atoms with Crippen molar-refractivity contribution < 1.29 is 14.3 Å². The van der Waals surface area contributed by atoms with Gasteiger partial charge < -0.3 is 9.47 Å². The van der Waals surface area contributed by atoms with Crippen LogP contribution in [0.15, 0.2) is 131 Å². The van der Waals surface area contributed by atoms with Crippen LogP contribution < -0.4 is 9.47 Å². The number of aliphatic imine (C=N–C) groups is 1. The van der Waals surface area contributed by atoms with Crippen LogP contribution in [0.3, 0.4) is 0 Å². The predicted molar refractivity (Wildman–Crippen MR) is 172 cm³/mol. The van der Waals surface area contributed by atoms with E-state index in [9.17, 15) is 4.79 Å². The first kappa shape index (κ1) is 27.4. The maximum absolute atomic E-state index is 13.7. The minimum atomic E-state index is -0.0761. The smallest absolute Gasteiger partial charge is 0.267 e. The Balaban J connectivity index is 1.27. The number of carbonyl (C=O) groups is 1. The summed E-state index contributed by atoms with van der Waals surface area (Å²) in [5.74, 6) is 1.23. The van der Waals surface area contributed by atoms with Crippen molar-refractivity contribution in [3.8, 4) is 11.5 Å². The van der Waals surface area contributed by atoms with E-state index in [0.29, 0.717) is 41.3 Å². The topological polar surface area (TPSA) is 51.1 Å². The monoisotopic (exact) mass is 570 g/mol. The van der Waals surface area contributed by atoms with E-state index < -0.39 is 0 Å². The van der Waals surface area contributed by atoms with Crippen molar-refractivity contribution >= 4 is 45.4 Å². The highest BCUT2D eigenvalue weighted by molar-refractivity contribution is 8.18. The van der Waals surface area contributed by atoms with E-state index in [1.165, 1.54) is 22.5 Å². The van der Waals surface area contributed by atoms with Gasteiger partial charge in [-0.2, -0.15) is 0 Å². The second-order valence-electron chi connectivity index (χ2n) is 9.78. The highest BCUT2D eigenvalue weighted by Gasteiger charge is 2.33. The number of amides is 1. The average molecular weight is 571 g/mol. The first-order valence-electron chi connectivity index (χ1n) is 13.9. The number of fused-ring (bicyclic) bond motifs is 1. The van der Waals surface area contributed by atoms with E-state index >= 15 is 0 Å². The fourth-order valence-corrected chi connectivity index (χ4v) is 5.83. The first-order chi connectivity index (χ1) is 20.7. The summed E-state index contributed by atoms with van der Waals surface area (Å²) in [7, 11) is 0. The van der Waals surface area contributed by atoms with Gasteiger partial charge in [-0.1, -0.05) is 97.1 Å². The number of thioether (sulfide) groups is 1. The van der Waals surface area contributed by atoms with E-state index in [2.05, 4.69) is 24.3 Å². The van der Waals surface area contributed by atoms with Gasteiger partial charge in [0.2, 0.25) is 0 Å². The SMILES string of the molecule is CCOc1cc(/C=C2/SC(=Nc3ccccc3)N(Cc3ccccc3)C2=O)ccc1OCc1cccc2ccccc12. The lowest BCUT2D eigenvalue weighted by Crippen LogP contribution is -2.28. The van der Waals surface area contributed by atoms with Gasteiger partial charge >= 0.3 is 0 Å². The summed E-state index contributed by atoms with van der Waals surface area (Å²) in [5.41, 5.74) is 3.81. The lowest BCUT2D eigenvalue weighted by atomic mass is 10.1. The van der Waals surface area contributed by atoms with Crippen LogP contribution in [0.2, 0.25) is 0 Å². The fraction of sp³-hybridized carbons (Fsp3) is 0.111. The Morgan fingerprint density at radius 1 is 0.786 bits per heavy atom. The molecule has 0 saturated carbocycles. The van der Waals surface area contributed by atoms with Crippen LogP contribution in [0.5, 0.6) is 11.5 Å². The summed E-state index contributed by atoms with van der Waals surface area (Å²) < 4.78 is 12.2. The highest BCUT2D eigenvalue weighted by Crippen LogP contribution is 2.37. The molecule has 5 nitrogen and oxygen atoms in total. The number of hydrogen-bond donors (Lipinski definition) is 0. The normalized spacial score (nSPS) is 15.1. The lowest BCUT2D eigenvalue weighted by molar-refractivity contribution is -0.122. The zero-order valence-corrected chi connectivity index (χ0v) is 24.1. The minimum Gasteiger partial charge on any atom is -0.490 e. The Labute approximate surface area is 250 Å². The third-order valence-corrected chi connectivity index (χ3v) is 7.89. The fourth-order valence-electron chi connectivity index (χ4n) is 4.84. The summed E-state index contributed by atoms with van der Waals surface area (Å²) in [4.78, 5) is 20.8. The van der Waals surface area contributed by atoms with Crippen LogP contribution in [0.25, 0.3) is 16.8 Å². The van der Waals surface area contributed by atoms with Crippen LogP contribution in [-0.4, -0.2) is 22.6 Å². The number of amidine groups is 1. The van der Waals surface area contributed by atoms with Crippen molar-refractivity contribution in [2.75, 3.05) is 6.61 Å². The molecule has 0 spiro atoms. The average Bonchev–Trinajstić information content (AvgIpc) is 3.30. The molecule has 208 valence electrons. The zero-order valence-electron chi connectivity index (χ0n) is 23.3. The third kappa shape index (κ3) is 6.24. The molecule has 6 heteroatoms. The minimum absolute atomic E-state index is 0.0761. The molecule has 5 aromatic carbocycles. The molecular formula is C36H30N2O3S. The Morgan fingerprint density at radius 3 is 2.33 bits per heavy atom. The number of nitrogens with zero attached hydrogens (tertiary/aromatic N) is 2. The molecule has 0 radical (unpaired) electrons. The van der Waals surface area contributed by atoms with Crippen molar-refractivity contribution in [1.29, 1.82) is 0 Å². The van der Waals surface area contributed by atoms with Crippen LogP contribution in [-0.2, 0) is 17.9 Å². The Hall–Kier alpha value is -4.81. The van der Waals surface area contributed by atoms with Crippen molar-refractivity contribution in [1.82, 2.24) is 4.90 Å². The van der Waals surface area contributed by atoms with Gasteiger partial charge in [0.05, 0.1) is 23.7 Å².